The second kappa shape index (κ2) is 3.50. The lowest BCUT2D eigenvalue weighted by Crippen LogP contribution is -2.52. The van der Waals surface area contributed by atoms with Gasteiger partial charge in [0.2, 0.25) is 0 Å². The number of carbonyl (C=O) groups is 1. The summed E-state index contributed by atoms with van der Waals surface area (Å²) in [5.41, 5.74) is -2.85. The summed E-state index contributed by atoms with van der Waals surface area (Å²) in [7, 11) is 1.92. The number of piperidine rings is 1. The molecule has 1 heterocycles. The maximum absolute atomic E-state index is 14.4. The van der Waals surface area contributed by atoms with Gasteiger partial charge in [0, 0.05) is 13.1 Å². The van der Waals surface area contributed by atoms with Gasteiger partial charge in [0.05, 0.1) is 5.41 Å². The van der Waals surface area contributed by atoms with Crippen molar-refractivity contribution in [2.24, 2.45) is 5.41 Å². The third kappa shape index (κ3) is 1.75. The van der Waals surface area contributed by atoms with Crippen molar-refractivity contribution in [2.45, 2.75) is 32.4 Å². The normalized spacial score (nSPS) is 23.4. The molecular formula is C10H18FNO2. The molecule has 0 saturated carbocycles. The molecule has 0 spiro atoms. The molecule has 0 bridgehead atoms. The van der Waals surface area contributed by atoms with Gasteiger partial charge in [-0.15, -0.1) is 0 Å². The van der Waals surface area contributed by atoms with Crippen LogP contribution >= 0.6 is 0 Å². The average molecular weight is 203 g/mol. The fraction of sp³-hybridized carbons (Fsp3) is 0.900. The zero-order valence-corrected chi connectivity index (χ0v) is 9.01. The van der Waals surface area contributed by atoms with Gasteiger partial charge in [-0.25, -0.2) is 4.39 Å². The molecule has 1 aliphatic heterocycles. The summed E-state index contributed by atoms with van der Waals surface area (Å²) in [6.07, 6.45) is 0.617. The number of aliphatic carboxylic acids is 1. The zero-order chi connectivity index (χ0) is 11.0. The van der Waals surface area contributed by atoms with Gasteiger partial charge >= 0.3 is 5.97 Å². The Bertz CT molecular complexity index is 232. The molecule has 1 saturated heterocycles. The van der Waals surface area contributed by atoms with Crippen molar-refractivity contribution >= 4 is 5.97 Å². The highest BCUT2D eigenvalue weighted by Crippen LogP contribution is 2.42. The first-order valence-electron chi connectivity index (χ1n) is 4.90. The lowest BCUT2D eigenvalue weighted by Gasteiger charge is -2.42. The predicted octanol–water partition coefficient (Wildman–Crippen LogP) is 1.53. The van der Waals surface area contributed by atoms with E-state index in [1.165, 1.54) is 13.8 Å². The molecule has 0 unspecified atom stereocenters. The number of rotatable bonds is 2. The number of halogens is 1. The SMILES string of the molecule is CN1CCC(F)(C(C)(C)C(=O)O)CC1. The molecule has 1 fully saturated rings. The fourth-order valence-corrected chi connectivity index (χ4v) is 1.79. The van der Waals surface area contributed by atoms with Gasteiger partial charge in [-0.3, -0.25) is 4.79 Å². The highest BCUT2D eigenvalue weighted by atomic mass is 19.1. The summed E-state index contributed by atoms with van der Waals surface area (Å²) in [6.45, 7) is 4.21. The first-order valence-corrected chi connectivity index (χ1v) is 4.90. The quantitative estimate of drug-likeness (QED) is 0.740. The number of likely N-dealkylation sites (tertiary alicyclic amines) is 1. The zero-order valence-electron chi connectivity index (χ0n) is 9.01. The van der Waals surface area contributed by atoms with Gasteiger partial charge in [-0.2, -0.15) is 0 Å². The molecule has 3 nitrogen and oxygen atoms in total. The molecule has 14 heavy (non-hydrogen) atoms. The molecule has 1 rings (SSSR count). The Balaban J connectivity index is 2.80. The van der Waals surface area contributed by atoms with Gasteiger partial charge in [-0.05, 0) is 33.7 Å². The van der Waals surface area contributed by atoms with Crippen LogP contribution in [0.15, 0.2) is 0 Å². The Hall–Kier alpha value is -0.640. The van der Waals surface area contributed by atoms with E-state index in [4.69, 9.17) is 5.11 Å². The molecule has 1 N–H and O–H groups in total. The minimum Gasteiger partial charge on any atom is -0.481 e. The van der Waals surface area contributed by atoms with Crippen molar-refractivity contribution in [1.82, 2.24) is 4.90 Å². The van der Waals surface area contributed by atoms with E-state index >= 15 is 0 Å². The third-order valence-corrected chi connectivity index (χ3v) is 3.43. The van der Waals surface area contributed by atoms with Crippen molar-refractivity contribution in [2.75, 3.05) is 20.1 Å². The molecule has 1 aliphatic rings. The number of hydrogen-bond donors (Lipinski definition) is 1. The summed E-state index contributed by atoms with van der Waals surface area (Å²) in [5, 5.41) is 8.97. The number of hydrogen-bond acceptors (Lipinski definition) is 2. The predicted molar refractivity (Wildman–Crippen MR) is 52.0 cm³/mol. The Morgan fingerprint density at radius 3 is 2.21 bits per heavy atom. The van der Waals surface area contributed by atoms with Crippen molar-refractivity contribution in [3.63, 3.8) is 0 Å². The van der Waals surface area contributed by atoms with Crippen LogP contribution in [0, 0.1) is 5.41 Å². The monoisotopic (exact) mass is 203 g/mol. The van der Waals surface area contributed by atoms with Crippen LogP contribution in [0.3, 0.4) is 0 Å². The third-order valence-electron chi connectivity index (χ3n) is 3.43. The van der Waals surface area contributed by atoms with E-state index in [0.717, 1.165) is 0 Å². The average Bonchev–Trinajstić information content (AvgIpc) is 2.10. The number of carboxylic acids is 1. The van der Waals surface area contributed by atoms with Crippen LogP contribution in [0.5, 0.6) is 0 Å². The molecule has 0 radical (unpaired) electrons. The molecule has 4 heteroatoms. The largest absolute Gasteiger partial charge is 0.481 e. The van der Waals surface area contributed by atoms with Crippen LogP contribution in [-0.2, 0) is 4.79 Å². The summed E-state index contributed by atoms with van der Waals surface area (Å²) in [5.74, 6) is -1.05. The van der Waals surface area contributed by atoms with E-state index in [9.17, 15) is 9.18 Å². The van der Waals surface area contributed by atoms with Crippen LogP contribution in [0.2, 0.25) is 0 Å². The highest BCUT2D eigenvalue weighted by molar-refractivity contribution is 5.75. The van der Waals surface area contributed by atoms with E-state index in [-0.39, 0.29) is 0 Å². The first kappa shape index (κ1) is 11.4. The van der Waals surface area contributed by atoms with E-state index in [2.05, 4.69) is 0 Å². The summed E-state index contributed by atoms with van der Waals surface area (Å²) in [6, 6.07) is 0. The first-order chi connectivity index (χ1) is 6.29. The standard InChI is InChI=1S/C10H18FNO2/c1-9(2,8(13)14)10(11)4-6-12(3)7-5-10/h4-7H2,1-3H3,(H,13,14). The summed E-state index contributed by atoms with van der Waals surface area (Å²) in [4.78, 5) is 13.0. The van der Waals surface area contributed by atoms with Gasteiger partial charge in [0.15, 0.2) is 0 Å². The molecule has 0 aromatic rings. The van der Waals surface area contributed by atoms with Crippen LogP contribution in [0.4, 0.5) is 4.39 Å². The van der Waals surface area contributed by atoms with Crippen LogP contribution < -0.4 is 0 Å². The molecule has 0 aromatic heterocycles. The maximum Gasteiger partial charge on any atom is 0.312 e. The van der Waals surface area contributed by atoms with E-state index in [0.29, 0.717) is 25.9 Å². The summed E-state index contributed by atoms with van der Waals surface area (Å²) < 4.78 is 14.4. The smallest absolute Gasteiger partial charge is 0.312 e. The molecule has 0 atom stereocenters. The molecular weight excluding hydrogens is 185 g/mol. The van der Waals surface area contributed by atoms with Crippen molar-refractivity contribution in [3.05, 3.63) is 0 Å². The Kier molecular flexibility index (Phi) is 2.86. The van der Waals surface area contributed by atoms with Crippen LogP contribution in [0.25, 0.3) is 0 Å². The van der Waals surface area contributed by atoms with Gasteiger partial charge in [0.25, 0.3) is 0 Å². The van der Waals surface area contributed by atoms with Crippen molar-refractivity contribution < 1.29 is 14.3 Å². The van der Waals surface area contributed by atoms with Crippen molar-refractivity contribution in [3.8, 4) is 0 Å². The second-order valence-corrected chi connectivity index (χ2v) is 4.70. The molecule has 0 aromatic carbocycles. The molecule has 0 amide bonds. The van der Waals surface area contributed by atoms with E-state index < -0.39 is 17.1 Å². The Morgan fingerprint density at radius 1 is 1.43 bits per heavy atom. The topological polar surface area (TPSA) is 40.5 Å². The minimum absolute atomic E-state index is 0.308. The number of alkyl halides is 1. The van der Waals surface area contributed by atoms with E-state index in [1.54, 1.807) is 0 Å². The van der Waals surface area contributed by atoms with Crippen LogP contribution in [0.1, 0.15) is 26.7 Å². The van der Waals surface area contributed by atoms with Crippen molar-refractivity contribution in [1.29, 1.82) is 0 Å². The second-order valence-electron chi connectivity index (χ2n) is 4.70. The molecule has 82 valence electrons. The Morgan fingerprint density at radius 2 is 1.86 bits per heavy atom. The lowest BCUT2D eigenvalue weighted by atomic mass is 9.71. The minimum atomic E-state index is -1.56. The van der Waals surface area contributed by atoms with Gasteiger partial charge < -0.3 is 10.0 Å². The highest BCUT2D eigenvalue weighted by Gasteiger charge is 2.51. The fourth-order valence-electron chi connectivity index (χ4n) is 1.79. The lowest BCUT2D eigenvalue weighted by molar-refractivity contribution is -0.160. The summed E-state index contributed by atoms with van der Waals surface area (Å²) >= 11 is 0. The number of nitrogens with zero attached hydrogens (tertiary/aromatic N) is 1. The number of carboxylic acid groups (broad SMARTS) is 1. The van der Waals surface area contributed by atoms with Gasteiger partial charge in [0.1, 0.15) is 5.67 Å². The maximum atomic E-state index is 14.4. The van der Waals surface area contributed by atoms with Gasteiger partial charge in [-0.1, -0.05) is 0 Å². The molecule has 0 aliphatic carbocycles. The Labute approximate surface area is 83.9 Å². The van der Waals surface area contributed by atoms with Crippen LogP contribution in [-0.4, -0.2) is 41.8 Å². The van der Waals surface area contributed by atoms with E-state index in [1.807, 2.05) is 11.9 Å².